The van der Waals surface area contributed by atoms with E-state index in [9.17, 15) is 8.42 Å². The monoisotopic (exact) mass is 377 g/mol. The van der Waals surface area contributed by atoms with Crippen LogP contribution in [0.4, 0.5) is 5.82 Å². The number of benzene rings is 1. The summed E-state index contributed by atoms with van der Waals surface area (Å²) in [7, 11) is -2.00. The van der Waals surface area contributed by atoms with E-state index in [2.05, 4.69) is 24.0 Å². The van der Waals surface area contributed by atoms with Gasteiger partial charge in [-0.1, -0.05) is 18.2 Å². The topological polar surface area (TPSA) is 112 Å². The van der Waals surface area contributed by atoms with E-state index in [1.165, 1.54) is 7.11 Å². The molecule has 8 nitrogen and oxygen atoms in total. The fourth-order valence-electron chi connectivity index (χ4n) is 3.06. The van der Waals surface area contributed by atoms with Crippen LogP contribution in [0.3, 0.4) is 0 Å². The molecule has 2 aromatic heterocycles. The number of rotatable bonds is 8. The maximum atomic E-state index is 11.6. The van der Waals surface area contributed by atoms with Gasteiger partial charge in [0, 0.05) is 25.6 Å². The first-order valence-electron chi connectivity index (χ1n) is 8.40. The van der Waals surface area contributed by atoms with Gasteiger partial charge >= 0.3 is 0 Å². The molecule has 0 radical (unpaired) electrons. The molecule has 0 saturated carbocycles. The minimum atomic E-state index is -3.36. The molecule has 0 atom stereocenters. The summed E-state index contributed by atoms with van der Waals surface area (Å²) in [5.41, 5.74) is 8.61. The van der Waals surface area contributed by atoms with Gasteiger partial charge < -0.3 is 15.0 Å². The van der Waals surface area contributed by atoms with E-state index in [-0.39, 0.29) is 5.94 Å². The first kappa shape index (κ1) is 18.6. The average molecular weight is 377 g/mol. The molecule has 2 heterocycles. The second kappa shape index (κ2) is 7.56. The van der Waals surface area contributed by atoms with Gasteiger partial charge in [-0.2, -0.15) is 0 Å². The highest BCUT2D eigenvalue weighted by Gasteiger charge is 2.15. The largest absolute Gasteiger partial charge is 0.382 e. The van der Waals surface area contributed by atoms with Crippen LogP contribution in [0.2, 0.25) is 0 Å². The lowest BCUT2D eigenvalue weighted by Crippen LogP contribution is -2.28. The summed E-state index contributed by atoms with van der Waals surface area (Å²) in [4.78, 5) is 9.00. The van der Waals surface area contributed by atoms with E-state index in [0.29, 0.717) is 24.3 Å². The van der Waals surface area contributed by atoms with Crippen molar-refractivity contribution in [1.29, 1.82) is 0 Å². The Kier molecular flexibility index (Phi) is 5.40. The van der Waals surface area contributed by atoms with E-state index in [4.69, 9.17) is 5.73 Å². The number of aromatic nitrogens is 3. The van der Waals surface area contributed by atoms with Gasteiger partial charge in [-0.3, -0.25) is 0 Å². The number of nitrogens with one attached hydrogen (secondary N) is 1. The van der Waals surface area contributed by atoms with Crippen LogP contribution < -0.4 is 10.5 Å². The zero-order chi connectivity index (χ0) is 18.7. The van der Waals surface area contributed by atoms with Crippen molar-refractivity contribution in [2.45, 2.75) is 26.3 Å². The van der Waals surface area contributed by atoms with E-state index in [1.54, 1.807) is 0 Å². The summed E-state index contributed by atoms with van der Waals surface area (Å²) in [6.45, 7) is 3.04. The lowest BCUT2D eigenvalue weighted by Gasteiger charge is -2.10. The Morgan fingerprint density at radius 3 is 2.77 bits per heavy atom. The third-order valence-corrected chi connectivity index (χ3v) is 5.39. The molecule has 0 fully saturated rings. The lowest BCUT2D eigenvalue weighted by atomic mass is 10.2. The van der Waals surface area contributed by atoms with Crippen LogP contribution in [0.5, 0.6) is 0 Å². The molecule has 26 heavy (non-hydrogen) atoms. The molecule has 0 bridgehead atoms. The number of pyridine rings is 1. The second-order valence-corrected chi connectivity index (χ2v) is 7.90. The Labute approximate surface area is 152 Å². The van der Waals surface area contributed by atoms with Crippen molar-refractivity contribution in [3.05, 3.63) is 30.1 Å². The zero-order valence-corrected chi connectivity index (χ0v) is 15.7. The Morgan fingerprint density at radius 2 is 2.00 bits per heavy atom. The smallest absolute Gasteiger partial charge is 0.235 e. The normalized spacial score (nSPS) is 12.2. The SMILES string of the molecule is COCS(=O)(=O)NCCCCn1c(C)nc2c(N)nc3ccccc3c21. The number of anilines is 1. The van der Waals surface area contributed by atoms with E-state index >= 15 is 0 Å². The number of nitrogens with zero attached hydrogens (tertiary/aromatic N) is 3. The number of hydrogen-bond acceptors (Lipinski definition) is 6. The molecule has 9 heteroatoms. The van der Waals surface area contributed by atoms with E-state index in [0.717, 1.165) is 35.2 Å². The second-order valence-electron chi connectivity index (χ2n) is 6.14. The van der Waals surface area contributed by atoms with Crippen molar-refractivity contribution in [3.8, 4) is 0 Å². The third-order valence-electron chi connectivity index (χ3n) is 4.20. The standard InChI is InChI=1S/C17H23N5O3S/c1-12-20-15-16(13-7-3-4-8-14(13)21-17(15)18)22(12)10-6-5-9-19-26(23,24)11-25-2/h3-4,7-8,19H,5-6,9-11H2,1-2H3,(H2,18,21). The number of imidazole rings is 1. The fourth-order valence-corrected chi connectivity index (χ4v) is 3.91. The van der Waals surface area contributed by atoms with Crippen LogP contribution >= 0.6 is 0 Å². The number of fused-ring (bicyclic) bond motifs is 3. The number of ether oxygens (including phenoxy) is 1. The predicted molar refractivity (Wildman–Crippen MR) is 102 cm³/mol. The van der Waals surface area contributed by atoms with Gasteiger partial charge in [-0.25, -0.2) is 23.1 Å². The molecule has 140 valence electrons. The van der Waals surface area contributed by atoms with Gasteiger partial charge in [0.2, 0.25) is 10.0 Å². The molecule has 0 aliphatic rings. The van der Waals surface area contributed by atoms with Gasteiger partial charge in [-0.05, 0) is 25.8 Å². The van der Waals surface area contributed by atoms with Gasteiger partial charge in [0.1, 0.15) is 11.3 Å². The summed E-state index contributed by atoms with van der Waals surface area (Å²) in [6.07, 6.45) is 1.51. The number of sulfonamides is 1. The summed E-state index contributed by atoms with van der Waals surface area (Å²) in [5, 5.41) is 1.01. The molecular formula is C17H23N5O3S. The number of aryl methyl sites for hydroxylation is 2. The number of hydrogen-bond donors (Lipinski definition) is 2. The Morgan fingerprint density at radius 1 is 1.23 bits per heavy atom. The highest BCUT2D eigenvalue weighted by molar-refractivity contribution is 7.89. The number of methoxy groups -OCH3 is 1. The Hall–Kier alpha value is -2.23. The van der Waals surface area contributed by atoms with Crippen LogP contribution in [0.15, 0.2) is 24.3 Å². The number of nitrogen functional groups attached to an aromatic ring is 1. The summed E-state index contributed by atoms with van der Waals surface area (Å²) < 4.78 is 32.4. The maximum absolute atomic E-state index is 11.6. The summed E-state index contributed by atoms with van der Waals surface area (Å²) in [6, 6.07) is 7.85. The van der Waals surface area contributed by atoms with Crippen LogP contribution in [0.25, 0.3) is 21.9 Å². The highest BCUT2D eigenvalue weighted by Crippen LogP contribution is 2.28. The quantitative estimate of drug-likeness (QED) is 0.579. The molecular weight excluding hydrogens is 354 g/mol. The van der Waals surface area contributed by atoms with Crippen molar-refractivity contribution in [2.24, 2.45) is 0 Å². The van der Waals surface area contributed by atoms with Gasteiger partial charge in [0.05, 0.1) is 11.0 Å². The van der Waals surface area contributed by atoms with E-state index < -0.39 is 10.0 Å². The molecule has 0 saturated heterocycles. The van der Waals surface area contributed by atoms with Crippen LogP contribution in [-0.4, -0.2) is 42.5 Å². The van der Waals surface area contributed by atoms with Crippen molar-refractivity contribution < 1.29 is 13.2 Å². The van der Waals surface area contributed by atoms with E-state index in [1.807, 2.05) is 31.2 Å². The number of nitrogens with two attached hydrogens (primary N) is 1. The summed E-state index contributed by atoms with van der Waals surface area (Å²) in [5.74, 6) is 0.967. The zero-order valence-electron chi connectivity index (χ0n) is 14.9. The van der Waals surface area contributed by atoms with Crippen molar-refractivity contribution in [1.82, 2.24) is 19.3 Å². The van der Waals surface area contributed by atoms with Crippen molar-refractivity contribution >= 4 is 37.8 Å². The molecule has 0 aliphatic carbocycles. The van der Waals surface area contributed by atoms with Gasteiger partial charge in [-0.15, -0.1) is 0 Å². The fraction of sp³-hybridized carbons (Fsp3) is 0.412. The number of unbranched alkanes of at least 4 members (excludes halogenated alkanes) is 1. The molecule has 1 aromatic carbocycles. The molecule has 3 rings (SSSR count). The molecule has 0 unspecified atom stereocenters. The van der Waals surface area contributed by atoms with Crippen molar-refractivity contribution in [2.75, 3.05) is 25.3 Å². The van der Waals surface area contributed by atoms with Gasteiger partial charge in [0.25, 0.3) is 0 Å². The Balaban J connectivity index is 1.77. The predicted octanol–water partition coefficient (Wildman–Crippen LogP) is 1.78. The highest BCUT2D eigenvalue weighted by atomic mass is 32.2. The Bertz CT molecular complexity index is 1030. The number of para-hydroxylation sites is 1. The first-order valence-corrected chi connectivity index (χ1v) is 10.1. The maximum Gasteiger partial charge on any atom is 0.235 e. The molecule has 3 N–H and O–H groups in total. The van der Waals surface area contributed by atoms with Crippen LogP contribution in [0.1, 0.15) is 18.7 Å². The summed E-state index contributed by atoms with van der Waals surface area (Å²) >= 11 is 0. The lowest BCUT2D eigenvalue weighted by molar-refractivity contribution is 0.248. The minimum Gasteiger partial charge on any atom is -0.382 e. The van der Waals surface area contributed by atoms with Crippen LogP contribution in [0, 0.1) is 6.92 Å². The molecule has 0 spiro atoms. The first-order chi connectivity index (χ1) is 12.4. The van der Waals surface area contributed by atoms with Gasteiger partial charge in [0.15, 0.2) is 11.8 Å². The minimum absolute atomic E-state index is 0.323. The third kappa shape index (κ3) is 3.79. The van der Waals surface area contributed by atoms with Crippen LogP contribution in [-0.2, 0) is 21.3 Å². The molecule has 0 amide bonds. The molecule has 0 aliphatic heterocycles. The van der Waals surface area contributed by atoms with Crippen molar-refractivity contribution in [3.63, 3.8) is 0 Å². The molecule has 3 aromatic rings. The average Bonchev–Trinajstić information content (AvgIpc) is 2.92.